The Morgan fingerprint density at radius 1 is 1.14 bits per heavy atom. The highest BCUT2D eigenvalue weighted by Crippen LogP contribution is 2.30. The van der Waals surface area contributed by atoms with E-state index in [9.17, 15) is 14.0 Å². The van der Waals surface area contributed by atoms with Crippen molar-refractivity contribution in [1.29, 1.82) is 0 Å². The summed E-state index contributed by atoms with van der Waals surface area (Å²) in [5.74, 6) is 0.865. The van der Waals surface area contributed by atoms with Gasteiger partial charge >= 0.3 is 6.03 Å². The maximum atomic E-state index is 13.1. The predicted molar refractivity (Wildman–Crippen MR) is 100 cm³/mol. The van der Waals surface area contributed by atoms with Gasteiger partial charge in [0.1, 0.15) is 12.4 Å². The van der Waals surface area contributed by atoms with E-state index >= 15 is 0 Å². The fourth-order valence-electron chi connectivity index (χ4n) is 3.28. The predicted octanol–water partition coefficient (Wildman–Crippen LogP) is 2.07. The van der Waals surface area contributed by atoms with Gasteiger partial charge in [-0.3, -0.25) is 4.79 Å². The molecule has 8 heteroatoms. The van der Waals surface area contributed by atoms with Crippen LogP contribution in [0.25, 0.3) is 0 Å². The van der Waals surface area contributed by atoms with Crippen LogP contribution in [0, 0.1) is 5.82 Å². The molecule has 2 N–H and O–H groups in total. The van der Waals surface area contributed by atoms with Crippen molar-refractivity contribution in [3.8, 4) is 11.5 Å². The molecule has 2 aliphatic heterocycles. The van der Waals surface area contributed by atoms with Gasteiger partial charge in [0.15, 0.2) is 17.6 Å². The second-order valence-corrected chi connectivity index (χ2v) is 6.73. The van der Waals surface area contributed by atoms with Crippen LogP contribution in [0.15, 0.2) is 48.5 Å². The van der Waals surface area contributed by atoms with Gasteiger partial charge in [-0.05, 0) is 36.4 Å². The van der Waals surface area contributed by atoms with E-state index < -0.39 is 0 Å². The SMILES string of the molecule is O=C(NCC1COc2ccccc2O1)NC1CC(=O)N(c2ccc(F)cc2)C1. The number of rotatable bonds is 4. The van der Waals surface area contributed by atoms with Crippen molar-refractivity contribution in [1.82, 2.24) is 10.6 Å². The van der Waals surface area contributed by atoms with Gasteiger partial charge in [-0.25, -0.2) is 9.18 Å². The molecule has 0 aliphatic carbocycles. The average molecular weight is 385 g/mol. The molecule has 4 rings (SSSR count). The van der Waals surface area contributed by atoms with Crippen LogP contribution in [0.4, 0.5) is 14.9 Å². The molecule has 1 fully saturated rings. The Bertz CT molecular complexity index is 874. The molecule has 0 saturated carbocycles. The number of hydrogen-bond acceptors (Lipinski definition) is 4. The van der Waals surface area contributed by atoms with E-state index in [1.807, 2.05) is 24.3 Å². The first-order valence-corrected chi connectivity index (χ1v) is 9.07. The Kier molecular flexibility index (Phi) is 5.01. The van der Waals surface area contributed by atoms with E-state index in [0.717, 1.165) is 0 Å². The minimum absolute atomic E-state index is 0.113. The minimum atomic E-state index is -0.374. The lowest BCUT2D eigenvalue weighted by Gasteiger charge is -2.26. The van der Waals surface area contributed by atoms with Crippen molar-refractivity contribution >= 4 is 17.6 Å². The normalized spacial score (nSPS) is 20.8. The Morgan fingerprint density at radius 3 is 2.68 bits per heavy atom. The van der Waals surface area contributed by atoms with E-state index in [1.54, 1.807) is 17.0 Å². The summed E-state index contributed by atoms with van der Waals surface area (Å²) in [5, 5.41) is 5.55. The first-order chi connectivity index (χ1) is 13.6. The monoisotopic (exact) mass is 385 g/mol. The Labute approximate surface area is 161 Å². The van der Waals surface area contributed by atoms with Crippen molar-refractivity contribution in [2.24, 2.45) is 0 Å². The summed E-state index contributed by atoms with van der Waals surface area (Å²) in [6, 6.07) is 12.4. The number of amides is 3. The second-order valence-electron chi connectivity index (χ2n) is 6.73. The van der Waals surface area contributed by atoms with Gasteiger partial charge < -0.3 is 25.0 Å². The first kappa shape index (κ1) is 18.1. The van der Waals surface area contributed by atoms with E-state index in [4.69, 9.17) is 9.47 Å². The zero-order chi connectivity index (χ0) is 19.5. The summed E-state index contributed by atoms with van der Waals surface area (Å²) in [6.45, 7) is 0.967. The third-order valence-electron chi connectivity index (χ3n) is 4.66. The van der Waals surface area contributed by atoms with Gasteiger partial charge in [0.25, 0.3) is 0 Å². The lowest BCUT2D eigenvalue weighted by molar-refractivity contribution is -0.117. The zero-order valence-corrected chi connectivity index (χ0v) is 15.1. The molecule has 2 unspecified atom stereocenters. The van der Waals surface area contributed by atoms with Crippen LogP contribution < -0.4 is 25.0 Å². The fourth-order valence-corrected chi connectivity index (χ4v) is 3.28. The van der Waals surface area contributed by atoms with Crippen molar-refractivity contribution < 1.29 is 23.5 Å². The minimum Gasteiger partial charge on any atom is -0.486 e. The summed E-state index contributed by atoms with van der Waals surface area (Å²) in [4.78, 5) is 25.9. The standard InChI is InChI=1S/C20H20FN3O4/c21-13-5-7-15(8-6-13)24-11-14(9-19(24)25)23-20(26)22-10-16-12-27-17-3-1-2-4-18(17)28-16/h1-8,14,16H,9-12H2,(H2,22,23,26). The number of nitrogens with one attached hydrogen (secondary N) is 2. The third-order valence-corrected chi connectivity index (χ3v) is 4.66. The molecule has 0 radical (unpaired) electrons. The highest BCUT2D eigenvalue weighted by molar-refractivity contribution is 5.96. The summed E-state index contributed by atoms with van der Waals surface area (Å²) in [7, 11) is 0. The Balaban J connectivity index is 1.25. The average Bonchev–Trinajstić information content (AvgIpc) is 3.06. The molecule has 2 aromatic rings. The van der Waals surface area contributed by atoms with Crippen LogP contribution in [0.2, 0.25) is 0 Å². The quantitative estimate of drug-likeness (QED) is 0.845. The topological polar surface area (TPSA) is 79.9 Å². The molecule has 146 valence electrons. The summed E-state index contributed by atoms with van der Waals surface area (Å²) in [6.07, 6.45) is -0.0946. The van der Waals surface area contributed by atoms with Crippen molar-refractivity contribution in [2.75, 3.05) is 24.6 Å². The highest BCUT2D eigenvalue weighted by atomic mass is 19.1. The smallest absolute Gasteiger partial charge is 0.315 e. The molecular weight excluding hydrogens is 365 g/mol. The van der Waals surface area contributed by atoms with Crippen LogP contribution in [0.3, 0.4) is 0 Å². The first-order valence-electron chi connectivity index (χ1n) is 9.07. The number of para-hydroxylation sites is 2. The molecule has 3 amide bonds. The summed E-state index contributed by atoms with van der Waals surface area (Å²) in [5.41, 5.74) is 0.613. The molecule has 2 aliphatic rings. The summed E-state index contributed by atoms with van der Waals surface area (Å²) >= 11 is 0. The molecule has 2 aromatic carbocycles. The van der Waals surface area contributed by atoms with Crippen molar-refractivity contribution in [3.63, 3.8) is 0 Å². The lowest BCUT2D eigenvalue weighted by Crippen LogP contribution is -2.47. The van der Waals surface area contributed by atoms with Crippen molar-refractivity contribution in [3.05, 3.63) is 54.3 Å². The number of urea groups is 1. The number of ether oxygens (including phenoxy) is 2. The van der Waals surface area contributed by atoms with E-state index in [-0.39, 0.29) is 42.9 Å². The molecule has 7 nitrogen and oxygen atoms in total. The Hall–Kier alpha value is -3.29. The zero-order valence-electron chi connectivity index (χ0n) is 15.1. The van der Waals surface area contributed by atoms with Gasteiger partial charge in [0, 0.05) is 18.7 Å². The molecule has 0 bridgehead atoms. The van der Waals surface area contributed by atoms with E-state index in [2.05, 4.69) is 10.6 Å². The van der Waals surface area contributed by atoms with Crippen LogP contribution in [-0.2, 0) is 4.79 Å². The lowest BCUT2D eigenvalue weighted by atomic mass is 10.2. The number of halogens is 1. The molecule has 0 aromatic heterocycles. The highest BCUT2D eigenvalue weighted by Gasteiger charge is 2.31. The van der Waals surface area contributed by atoms with E-state index in [0.29, 0.717) is 30.3 Å². The largest absolute Gasteiger partial charge is 0.486 e. The fraction of sp³-hybridized carbons (Fsp3) is 0.300. The van der Waals surface area contributed by atoms with Gasteiger partial charge in [-0.2, -0.15) is 0 Å². The van der Waals surface area contributed by atoms with Gasteiger partial charge in [0.05, 0.1) is 12.6 Å². The number of carbonyl (C=O) groups excluding carboxylic acids is 2. The molecule has 28 heavy (non-hydrogen) atoms. The molecule has 1 saturated heterocycles. The molecule has 0 spiro atoms. The maximum absolute atomic E-state index is 13.1. The van der Waals surface area contributed by atoms with Gasteiger partial charge in [-0.1, -0.05) is 12.1 Å². The summed E-state index contributed by atoms with van der Waals surface area (Å²) < 4.78 is 24.5. The van der Waals surface area contributed by atoms with Crippen LogP contribution in [0.5, 0.6) is 11.5 Å². The Morgan fingerprint density at radius 2 is 1.89 bits per heavy atom. The van der Waals surface area contributed by atoms with Crippen LogP contribution in [-0.4, -0.2) is 43.8 Å². The molecule has 2 heterocycles. The molecule has 2 atom stereocenters. The number of carbonyl (C=O) groups is 2. The number of fused-ring (bicyclic) bond motifs is 1. The molecular formula is C20H20FN3O4. The number of benzene rings is 2. The van der Waals surface area contributed by atoms with Gasteiger partial charge in [-0.15, -0.1) is 0 Å². The number of anilines is 1. The van der Waals surface area contributed by atoms with Crippen molar-refractivity contribution in [2.45, 2.75) is 18.6 Å². The number of nitrogens with zero attached hydrogens (tertiary/aromatic N) is 1. The van der Waals surface area contributed by atoms with Crippen LogP contribution in [0.1, 0.15) is 6.42 Å². The number of hydrogen-bond donors (Lipinski definition) is 2. The van der Waals surface area contributed by atoms with E-state index in [1.165, 1.54) is 12.1 Å². The third kappa shape index (κ3) is 4.00. The van der Waals surface area contributed by atoms with Gasteiger partial charge in [0.2, 0.25) is 5.91 Å². The van der Waals surface area contributed by atoms with Crippen LogP contribution >= 0.6 is 0 Å². The maximum Gasteiger partial charge on any atom is 0.315 e. The second kappa shape index (κ2) is 7.75.